The van der Waals surface area contributed by atoms with Gasteiger partial charge in [-0.3, -0.25) is 9.59 Å². The summed E-state index contributed by atoms with van der Waals surface area (Å²) in [6.07, 6.45) is 5.63. The van der Waals surface area contributed by atoms with E-state index in [1.807, 2.05) is 58.8 Å². The van der Waals surface area contributed by atoms with Gasteiger partial charge in [0.2, 0.25) is 5.91 Å². The van der Waals surface area contributed by atoms with Crippen molar-refractivity contribution in [3.05, 3.63) is 64.6 Å². The highest BCUT2D eigenvalue weighted by atomic mass is 32.1. The number of hydrogen-bond donors (Lipinski definition) is 1. The van der Waals surface area contributed by atoms with E-state index in [0.717, 1.165) is 61.3 Å². The SMILES string of the molecule is CCCCCC(=O)N1CCC(c2nc(C(=O)Nc3cc(OC)ccc3-c3ccccc3)cs2)CC1. The Bertz CT molecular complexity index is 1140. The van der Waals surface area contributed by atoms with E-state index in [-0.39, 0.29) is 17.7 Å². The number of unbranched alkanes of at least 4 members (excludes halogenated alkanes) is 2. The van der Waals surface area contributed by atoms with Crippen LogP contribution in [0.25, 0.3) is 11.1 Å². The molecule has 0 unspecified atom stereocenters. The van der Waals surface area contributed by atoms with Crippen molar-refractivity contribution >= 4 is 28.8 Å². The summed E-state index contributed by atoms with van der Waals surface area (Å²) in [4.78, 5) is 32.2. The van der Waals surface area contributed by atoms with Gasteiger partial charge in [-0.25, -0.2) is 4.98 Å². The molecule has 1 fully saturated rings. The molecule has 184 valence electrons. The number of methoxy groups -OCH3 is 1. The third-order valence-electron chi connectivity index (χ3n) is 6.51. The summed E-state index contributed by atoms with van der Waals surface area (Å²) in [5.74, 6) is 0.998. The van der Waals surface area contributed by atoms with Crippen molar-refractivity contribution in [3.63, 3.8) is 0 Å². The van der Waals surface area contributed by atoms with E-state index in [4.69, 9.17) is 4.74 Å². The minimum atomic E-state index is -0.235. The second-order valence-electron chi connectivity index (χ2n) is 8.91. The minimum Gasteiger partial charge on any atom is -0.497 e. The molecule has 0 aliphatic carbocycles. The van der Waals surface area contributed by atoms with Gasteiger partial charge < -0.3 is 15.0 Å². The van der Waals surface area contributed by atoms with Crippen molar-refractivity contribution < 1.29 is 14.3 Å². The number of carbonyl (C=O) groups is 2. The lowest BCUT2D eigenvalue weighted by Crippen LogP contribution is -2.37. The summed E-state index contributed by atoms with van der Waals surface area (Å²) >= 11 is 1.53. The van der Waals surface area contributed by atoms with Gasteiger partial charge >= 0.3 is 0 Å². The largest absolute Gasteiger partial charge is 0.497 e. The molecule has 1 aromatic heterocycles. The second-order valence-corrected chi connectivity index (χ2v) is 9.80. The van der Waals surface area contributed by atoms with E-state index in [0.29, 0.717) is 23.6 Å². The van der Waals surface area contributed by atoms with Crippen LogP contribution in [0.1, 0.15) is 66.9 Å². The lowest BCUT2D eigenvalue weighted by molar-refractivity contribution is -0.132. The molecule has 7 heteroatoms. The lowest BCUT2D eigenvalue weighted by atomic mass is 9.97. The van der Waals surface area contributed by atoms with Gasteiger partial charge in [0, 0.05) is 42.4 Å². The number of carbonyl (C=O) groups excluding carboxylic acids is 2. The predicted octanol–water partition coefficient (Wildman–Crippen LogP) is 6.36. The summed E-state index contributed by atoms with van der Waals surface area (Å²) < 4.78 is 5.38. The molecule has 1 saturated heterocycles. The number of thiazole rings is 1. The van der Waals surface area contributed by atoms with Crippen LogP contribution in [0, 0.1) is 0 Å². The van der Waals surface area contributed by atoms with Gasteiger partial charge in [0.05, 0.1) is 17.8 Å². The van der Waals surface area contributed by atoms with Gasteiger partial charge in [0.15, 0.2) is 0 Å². The van der Waals surface area contributed by atoms with Crippen LogP contribution in [0.2, 0.25) is 0 Å². The number of piperidine rings is 1. The van der Waals surface area contributed by atoms with E-state index >= 15 is 0 Å². The maximum atomic E-state index is 13.1. The zero-order chi connectivity index (χ0) is 24.6. The van der Waals surface area contributed by atoms with Gasteiger partial charge in [-0.2, -0.15) is 0 Å². The number of amides is 2. The smallest absolute Gasteiger partial charge is 0.275 e. The molecule has 0 bridgehead atoms. The van der Waals surface area contributed by atoms with E-state index in [1.165, 1.54) is 11.3 Å². The van der Waals surface area contributed by atoms with Gasteiger partial charge in [0.25, 0.3) is 5.91 Å². The third kappa shape index (κ3) is 6.28. The highest BCUT2D eigenvalue weighted by Crippen LogP contribution is 2.33. The monoisotopic (exact) mass is 491 g/mol. The van der Waals surface area contributed by atoms with Gasteiger partial charge in [0.1, 0.15) is 11.4 Å². The van der Waals surface area contributed by atoms with Crippen molar-refractivity contribution in [1.29, 1.82) is 0 Å². The second kappa shape index (κ2) is 12.0. The van der Waals surface area contributed by atoms with Crippen LogP contribution in [-0.4, -0.2) is 41.9 Å². The van der Waals surface area contributed by atoms with Crippen LogP contribution in [0.15, 0.2) is 53.9 Å². The highest BCUT2D eigenvalue weighted by molar-refractivity contribution is 7.10. The summed E-state index contributed by atoms with van der Waals surface area (Å²) in [6.45, 7) is 3.68. The van der Waals surface area contributed by atoms with Crippen molar-refractivity contribution in [2.24, 2.45) is 0 Å². The Labute approximate surface area is 211 Å². The average molecular weight is 492 g/mol. The van der Waals surface area contributed by atoms with E-state index < -0.39 is 0 Å². The maximum Gasteiger partial charge on any atom is 0.275 e. The molecule has 1 aliphatic heterocycles. The van der Waals surface area contributed by atoms with Crippen LogP contribution in [-0.2, 0) is 4.79 Å². The van der Waals surface area contributed by atoms with Crippen LogP contribution in [0.4, 0.5) is 5.69 Å². The Morgan fingerprint density at radius 3 is 2.60 bits per heavy atom. The Morgan fingerprint density at radius 1 is 1.11 bits per heavy atom. The fourth-order valence-corrected chi connectivity index (χ4v) is 5.42. The highest BCUT2D eigenvalue weighted by Gasteiger charge is 2.26. The molecule has 3 aromatic rings. The fourth-order valence-electron chi connectivity index (χ4n) is 4.45. The number of aromatic nitrogens is 1. The molecule has 6 nitrogen and oxygen atoms in total. The standard InChI is InChI=1S/C28H33N3O3S/c1-3-4-6-11-26(32)31-16-14-21(15-17-31)28-30-25(19-35-28)27(33)29-24-18-22(34-2)12-13-23(24)20-9-7-5-8-10-20/h5,7-10,12-13,18-19,21H,3-4,6,11,14-17H2,1-2H3,(H,29,33). The molecule has 1 N–H and O–H groups in total. The van der Waals surface area contributed by atoms with Crippen LogP contribution >= 0.6 is 11.3 Å². The molecule has 35 heavy (non-hydrogen) atoms. The van der Waals surface area contributed by atoms with Crippen LogP contribution in [0.5, 0.6) is 5.75 Å². The van der Waals surface area contributed by atoms with Gasteiger partial charge in [-0.05, 0) is 37.0 Å². The summed E-state index contributed by atoms with van der Waals surface area (Å²) in [7, 11) is 1.61. The number of ether oxygens (including phenoxy) is 1. The van der Waals surface area contributed by atoms with Crippen LogP contribution < -0.4 is 10.1 Å². The molecule has 2 aromatic carbocycles. The van der Waals surface area contributed by atoms with Gasteiger partial charge in [-0.1, -0.05) is 50.1 Å². The molecule has 1 aliphatic rings. The molecular weight excluding hydrogens is 458 g/mol. The van der Waals surface area contributed by atoms with Crippen molar-refractivity contribution in [2.75, 3.05) is 25.5 Å². The van der Waals surface area contributed by atoms with Crippen LogP contribution in [0.3, 0.4) is 0 Å². The lowest BCUT2D eigenvalue weighted by Gasteiger charge is -2.31. The number of anilines is 1. The molecule has 0 saturated carbocycles. The van der Waals surface area contributed by atoms with Gasteiger partial charge in [-0.15, -0.1) is 11.3 Å². The summed E-state index contributed by atoms with van der Waals surface area (Å²) in [5, 5.41) is 5.84. The molecule has 0 radical (unpaired) electrons. The van der Waals surface area contributed by atoms with Crippen molar-refractivity contribution in [3.8, 4) is 16.9 Å². The molecule has 2 amide bonds. The molecular formula is C28H33N3O3S. The quantitative estimate of drug-likeness (QED) is 0.354. The number of rotatable bonds is 9. The molecule has 4 rings (SSSR count). The Balaban J connectivity index is 1.40. The Morgan fingerprint density at radius 2 is 1.89 bits per heavy atom. The predicted molar refractivity (Wildman–Crippen MR) is 141 cm³/mol. The van der Waals surface area contributed by atoms with Crippen molar-refractivity contribution in [1.82, 2.24) is 9.88 Å². The van der Waals surface area contributed by atoms with Crippen molar-refractivity contribution in [2.45, 2.75) is 51.4 Å². The molecule has 2 heterocycles. The first-order valence-electron chi connectivity index (χ1n) is 12.4. The topological polar surface area (TPSA) is 71.5 Å². The number of nitrogens with zero attached hydrogens (tertiary/aromatic N) is 2. The number of hydrogen-bond acceptors (Lipinski definition) is 5. The number of nitrogens with one attached hydrogen (secondary N) is 1. The maximum absolute atomic E-state index is 13.1. The van der Waals surface area contributed by atoms with E-state index in [2.05, 4.69) is 17.2 Å². The normalized spacial score (nSPS) is 14.1. The zero-order valence-electron chi connectivity index (χ0n) is 20.5. The molecule has 0 spiro atoms. The summed E-state index contributed by atoms with van der Waals surface area (Å²) in [5.41, 5.74) is 3.04. The first-order valence-corrected chi connectivity index (χ1v) is 13.2. The zero-order valence-corrected chi connectivity index (χ0v) is 21.3. The van der Waals surface area contributed by atoms with E-state index in [9.17, 15) is 9.59 Å². The first-order chi connectivity index (χ1) is 17.1. The Hall–Kier alpha value is -3.19. The Kier molecular flexibility index (Phi) is 8.53. The molecule has 0 atom stereocenters. The minimum absolute atomic E-state index is 0.235. The summed E-state index contributed by atoms with van der Waals surface area (Å²) in [6, 6.07) is 15.6. The third-order valence-corrected chi connectivity index (χ3v) is 7.51. The number of benzene rings is 2. The first kappa shape index (κ1) is 24.9. The van der Waals surface area contributed by atoms with E-state index in [1.54, 1.807) is 7.11 Å². The fraction of sp³-hybridized carbons (Fsp3) is 0.393. The average Bonchev–Trinajstić information content (AvgIpc) is 3.40. The number of likely N-dealkylation sites (tertiary alicyclic amines) is 1.